The lowest BCUT2D eigenvalue weighted by molar-refractivity contribution is 0.657. The third-order valence-electron chi connectivity index (χ3n) is 5.09. The highest BCUT2D eigenvalue weighted by Crippen LogP contribution is 2.36. The number of thiophene rings is 1. The number of nitrogens with zero attached hydrogens (tertiary/aromatic N) is 3. The molecule has 5 nitrogen and oxygen atoms in total. The van der Waals surface area contributed by atoms with Crippen molar-refractivity contribution in [2.75, 3.05) is 0 Å². The summed E-state index contributed by atoms with van der Waals surface area (Å²) in [5.74, 6) is 0. The van der Waals surface area contributed by atoms with E-state index in [0.29, 0.717) is 0 Å². The Morgan fingerprint density at radius 3 is 2.67 bits per heavy atom. The van der Waals surface area contributed by atoms with Crippen LogP contribution in [0.25, 0.3) is 55.2 Å². The van der Waals surface area contributed by atoms with Crippen molar-refractivity contribution in [2.24, 2.45) is 0 Å². The molecule has 0 aliphatic heterocycles. The van der Waals surface area contributed by atoms with Crippen LogP contribution in [0.2, 0.25) is 0 Å². The lowest BCUT2D eigenvalue weighted by Crippen LogP contribution is -1.87. The Morgan fingerprint density at radius 1 is 0.867 bits per heavy atom. The van der Waals surface area contributed by atoms with Crippen molar-refractivity contribution in [3.05, 3.63) is 78.1 Å². The van der Waals surface area contributed by atoms with Gasteiger partial charge in [-0.05, 0) is 48.5 Å². The summed E-state index contributed by atoms with van der Waals surface area (Å²) in [7, 11) is 0. The van der Waals surface area contributed by atoms with E-state index in [4.69, 9.17) is 4.98 Å². The van der Waals surface area contributed by atoms with Gasteiger partial charge in [0.05, 0.1) is 22.6 Å². The minimum Gasteiger partial charge on any atom is -0.353 e. The fraction of sp³-hybridized carbons (Fsp3) is 0. The van der Waals surface area contributed by atoms with E-state index in [1.54, 1.807) is 6.20 Å². The highest BCUT2D eigenvalue weighted by atomic mass is 32.1. The average molecular weight is 411 g/mol. The fourth-order valence-corrected chi connectivity index (χ4v) is 4.47. The van der Waals surface area contributed by atoms with Crippen LogP contribution in [0.1, 0.15) is 0 Å². The smallest absolute Gasteiger partial charge is 0.176 e. The zero-order valence-corrected chi connectivity index (χ0v) is 16.4. The van der Waals surface area contributed by atoms with E-state index in [1.807, 2.05) is 60.7 Å². The summed E-state index contributed by atoms with van der Waals surface area (Å²) in [6.45, 7) is 0. The first-order chi connectivity index (χ1) is 14.8. The standard InChI is InChI=1S/C23H14FN5S/c24-21-10-9-20(30-21)13-4-3-6-15-14(13)12-19(26-15)23-22-18(28-29-23)8-7-17(27-22)16-5-1-2-11-25-16/h1-12,26H,(H,28,29). The van der Waals surface area contributed by atoms with E-state index in [0.717, 1.165) is 66.5 Å². The quantitative estimate of drug-likeness (QED) is 0.373. The van der Waals surface area contributed by atoms with E-state index < -0.39 is 0 Å². The summed E-state index contributed by atoms with van der Waals surface area (Å²) in [6.07, 6.45) is 1.75. The minimum atomic E-state index is -0.192. The number of rotatable bonds is 3. The summed E-state index contributed by atoms with van der Waals surface area (Å²) in [5.41, 5.74) is 6.77. The number of aromatic amines is 2. The lowest BCUT2D eigenvalue weighted by Gasteiger charge is -2.00. The molecule has 0 fully saturated rings. The third kappa shape index (κ3) is 2.71. The number of benzene rings is 1. The van der Waals surface area contributed by atoms with Crippen molar-refractivity contribution in [3.8, 4) is 33.2 Å². The Labute approximate surface area is 174 Å². The molecule has 0 spiro atoms. The van der Waals surface area contributed by atoms with E-state index in [1.165, 1.54) is 6.07 Å². The molecule has 0 bridgehead atoms. The molecule has 144 valence electrons. The summed E-state index contributed by atoms with van der Waals surface area (Å²) in [4.78, 5) is 13.5. The van der Waals surface area contributed by atoms with Gasteiger partial charge in [0.25, 0.3) is 0 Å². The van der Waals surface area contributed by atoms with Gasteiger partial charge >= 0.3 is 0 Å². The van der Waals surface area contributed by atoms with Crippen LogP contribution in [0.4, 0.5) is 4.39 Å². The van der Waals surface area contributed by atoms with Gasteiger partial charge < -0.3 is 4.98 Å². The maximum Gasteiger partial charge on any atom is 0.176 e. The van der Waals surface area contributed by atoms with Crippen LogP contribution in [0.5, 0.6) is 0 Å². The average Bonchev–Trinajstić information content (AvgIpc) is 3.51. The number of fused-ring (bicyclic) bond motifs is 2. The van der Waals surface area contributed by atoms with Gasteiger partial charge in [-0.2, -0.15) is 9.49 Å². The number of halogens is 1. The van der Waals surface area contributed by atoms with Crippen molar-refractivity contribution >= 4 is 33.3 Å². The normalized spacial score (nSPS) is 11.5. The Hall–Kier alpha value is -3.84. The van der Waals surface area contributed by atoms with Gasteiger partial charge in [0.2, 0.25) is 0 Å². The largest absolute Gasteiger partial charge is 0.353 e. The van der Waals surface area contributed by atoms with E-state index in [9.17, 15) is 4.39 Å². The Morgan fingerprint density at radius 2 is 1.83 bits per heavy atom. The molecule has 6 rings (SSSR count). The van der Waals surface area contributed by atoms with Crippen molar-refractivity contribution < 1.29 is 4.39 Å². The molecule has 0 saturated carbocycles. The van der Waals surface area contributed by atoms with Gasteiger partial charge in [0.1, 0.15) is 11.2 Å². The van der Waals surface area contributed by atoms with Gasteiger partial charge in [-0.15, -0.1) is 11.3 Å². The molecular weight excluding hydrogens is 397 g/mol. The number of nitrogens with one attached hydrogen (secondary N) is 2. The summed E-state index contributed by atoms with van der Waals surface area (Å²) in [6, 6.07) is 21.0. The van der Waals surface area contributed by atoms with Gasteiger partial charge in [-0.3, -0.25) is 10.1 Å². The van der Waals surface area contributed by atoms with Crippen LogP contribution in [-0.2, 0) is 0 Å². The van der Waals surface area contributed by atoms with E-state index in [-0.39, 0.29) is 5.13 Å². The van der Waals surface area contributed by atoms with Crippen molar-refractivity contribution in [2.45, 2.75) is 0 Å². The van der Waals surface area contributed by atoms with Crippen molar-refractivity contribution in [3.63, 3.8) is 0 Å². The molecule has 0 aliphatic rings. The topological polar surface area (TPSA) is 70.2 Å². The van der Waals surface area contributed by atoms with Crippen LogP contribution in [0.3, 0.4) is 0 Å². The summed E-state index contributed by atoms with van der Waals surface area (Å²) >= 11 is 1.14. The van der Waals surface area contributed by atoms with Crippen LogP contribution >= 0.6 is 11.3 Å². The maximum atomic E-state index is 13.6. The molecule has 5 heterocycles. The number of H-pyrrole nitrogens is 2. The van der Waals surface area contributed by atoms with Crippen molar-refractivity contribution in [1.29, 1.82) is 0 Å². The second-order valence-electron chi connectivity index (χ2n) is 6.93. The molecule has 0 saturated heterocycles. The first-order valence-corrected chi connectivity index (χ1v) is 10.2. The van der Waals surface area contributed by atoms with E-state index in [2.05, 4.69) is 20.2 Å². The minimum absolute atomic E-state index is 0.192. The second kappa shape index (κ2) is 6.60. The third-order valence-corrected chi connectivity index (χ3v) is 6.00. The molecule has 2 N–H and O–H groups in total. The highest BCUT2D eigenvalue weighted by molar-refractivity contribution is 7.14. The van der Waals surface area contributed by atoms with Gasteiger partial charge in [0, 0.05) is 27.5 Å². The Kier molecular flexibility index (Phi) is 3.75. The van der Waals surface area contributed by atoms with Crippen LogP contribution in [0.15, 0.2) is 72.9 Å². The SMILES string of the molecule is Fc1ccc(-c2cccc3[nH]c(-c4n[nH]c5ccc(-c6ccccn6)nc45)cc23)s1. The number of aromatic nitrogens is 5. The van der Waals surface area contributed by atoms with Gasteiger partial charge in [-0.1, -0.05) is 18.2 Å². The zero-order chi connectivity index (χ0) is 20.1. The first kappa shape index (κ1) is 17.1. The summed E-state index contributed by atoms with van der Waals surface area (Å²) in [5, 5.41) is 8.39. The monoisotopic (exact) mass is 411 g/mol. The molecule has 7 heteroatoms. The zero-order valence-electron chi connectivity index (χ0n) is 15.6. The Bertz CT molecular complexity index is 1510. The second-order valence-corrected chi connectivity index (χ2v) is 7.97. The number of hydrogen-bond acceptors (Lipinski definition) is 4. The molecule has 30 heavy (non-hydrogen) atoms. The van der Waals surface area contributed by atoms with Crippen LogP contribution in [0, 0.1) is 5.13 Å². The first-order valence-electron chi connectivity index (χ1n) is 9.40. The molecule has 0 atom stereocenters. The number of pyridine rings is 2. The maximum absolute atomic E-state index is 13.6. The molecule has 1 aromatic carbocycles. The molecule has 0 unspecified atom stereocenters. The van der Waals surface area contributed by atoms with Gasteiger partial charge in [-0.25, -0.2) is 4.98 Å². The highest BCUT2D eigenvalue weighted by Gasteiger charge is 2.16. The molecule has 6 aromatic rings. The fourth-order valence-electron chi connectivity index (χ4n) is 3.70. The van der Waals surface area contributed by atoms with Crippen LogP contribution < -0.4 is 0 Å². The predicted molar refractivity (Wildman–Crippen MR) is 118 cm³/mol. The molecule has 0 radical (unpaired) electrons. The van der Waals surface area contributed by atoms with Crippen molar-refractivity contribution in [1.82, 2.24) is 25.1 Å². The summed E-state index contributed by atoms with van der Waals surface area (Å²) < 4.78 is 13.6. The molecule has 0 amide bonds. The molecular formula is C23H14FN5S. The Balaban J connectivity index is 1.52. The lowest BCUT2D eigenvalue weighted by atomic mass is 10.1. The molecule has 0 aliphatic carbocycles. The molecule has 5 aromatic heterocycles. The van der Waals surface area contributed by atoms with Gasteiger partial charge in [0.15, 0.2) is 5.13 Å². The van der Waals surface area contributed by atoms with E-state index >= 15 is 0 Å². The number of hydrogen-bond donors (Lipinski definition) is 2. The van der Waals surface area contributed by atoms with Crippen LogP contribution in [-0.4, -0.2) is 25.1 Å². The predicted octanol–water partition coefficient (Wildman–Crippen LogP) is 6.04.